The summed E-state index contributed by atoms with van der Waals surface area (Å²) in [6.45, 7) is 3.36. The number of sulfonamides is 1. The average molecular weight is 450 g/mol. The number of ether oxygens (including phenoxy) is 1. The first-order valence-corrected chi connectivity index (χ1v) is 13.0. The van der Waals surface area contributed by atoms with Crippen molar-refractivity contribution in [3.63, 3.8) is 0 Å². The molecule has 0 atom stereocenters. The molecule has 0 radical (unpaired) electrons. The van der Waals surface area contributed by atoms with E-state index in [0.29, 0.717) is 36.6 Å². The van der Waals surface area contributed by atoms with Gasteiger partial charge in [0, 0.05) is 42.3 Å². The molecule has 9 heteroatoms. The van der Waals surface area contributed by atoms with E-state index in [2.05, 4.69) is 5.10 Å². The van der Waals surface area contributed by atoms with Crippen LogP contribution in [0.5, 0.6) is 5.75 Å². The monoisotopic (exact) mass is 449 g/mol. The third kappa shape index (κ3) is 3.78. The maximum Gasteiger partial charge on any atom is 0.270 e. The van der Waals surface area contributed by atoms with E-state index in [0.717, 1.165) is 48.3 Å². The summed E-state index contributed by atoms with van der Waals surface area (Å²) in [6.07, 6.45) is 3.53. The molecular weight excluding hydrogens is 422 g/mol. The van der Waals surface area contributed by atoms with Gasteiger partial charge in [0.2, 0.25) is 10.0 Å². The minimum absolute atomic E-state index is 0.0249. The van der Waals surface area contributed by atoms with E-state index in [1.54, 1.807) is 23.9 Å². The van der Waals surface area contributed by atoms with Gasteiger partial charge in [-0.3, -0.25) is 4.79 Å². The topological polar surface area (TPSA) is 81.5 Å². The fourth-order valence-corrected chi connectivity index (χ4v) is 6.94. The fourth-order valence-electron chi connectivity index (χ4n) is 4.18. The first-order chi connectivity index (χ1) is 14.5. The second-order valence-corrected chi connectivity index (χ2v) is 10.6. The smallest absolute Gasteiger partial charge is 0.270 e. The molecule has 1 aliphatic carbocycles. The number of aromatic nitrogens is 2. The van der Waals surface area contributed by atoms with Gasteiger partial charge in [-0.15, -0.1) is 0 Å². The van der Waals surface area contributed by atoms with E-state index < -0.39 is 10.0 Å². The largest absolute Gasteiger partial charge is 0.495 e. The van der Waals surface area contributed by atoms with Gasteiger partial charge in [-0.1, -0.05) is 0 Å². The molecular formula is C21H27N3O4S2. The van der Waals surface area contributed by atoms with Gasteiger partial charge in [0.05, 0.1) is 12.8 Å². The predicted molar refractivity (Wildman–Crippen MR) is 119 cm³/mol. The van der Waals surface area contributed by atoms with Crippen molar-refractivity contribution in [2.75, 3.05) is 31.7 Å². The summed E-state index contributed by atoms with van der Waals surface area (Å²) in [7, 11) is -2.20. The standard InChI is InChI=1S/C21H27N3O4S2/c1-3-24-21(25)17-7-5-4-6-16(17)20(22-24)15-8-9-18(28-2)19(14-15)30(26,27)23-10-12-29-13-11-23/h8-9,14H,3-7,10-13H2,1-2H3. The van der Waals surface area contributed by atoms with Crippen LogP contribution >= 0.6 is 11.8 Å². The van der Waals surface area contributed by atoms with Gasteiger partial charge in [0.1, 0.15) is 10.6 Å². The quantitative estimate of drug-likeness (QED) is 0.698. The van der Waals surface area contributed by atoms with Crippen molar-refractivity contribution in [3.05, 3.63) is 39.7 Å². The molecule has 0 bridgehead atoms. The number of benzene rings is 1. The Morgan fingerprint density at radius 1 is 1.13 bits per heavy atom. The van der Waals surface area contributed by atoms with Crippen LogP contribution in [-0.4, -0.2) is 54.2 Å². The molecule has 1 saturated heterocycles. The third-order valence-corrected chi connectivity index (χ3v) is 8.65. The zero-order valence-corrected chi connectivity index (χ0v) is 19.0. The van der Waals surface area contributed by atoms with E-state index in [1.807, 2.05) is 13.0 Å². The lowest BCUT2D eigenvalue weighted by molar-refractivity contribution is 0.395. The Morgan fingerprint density at radius 2 is 1.83 bits per heavy atom. The van der Waals surface area contributed by atoms with Crippen molar-refractivity contribution in [1.82, 2.24) is 14.1 Å². The highest BCUT2D eigenvalue weighted by atomic mass is 32.2. The molecule has 0 unspecified atom stereocenters. The Bertz CT molecular complexity index is 1110. The molecule has 30 heavy (non-hydrogen) atoms. The molecule has 2 aromatic rings. The van der Waals surface area contributed by atoms with Gasteiger partial charge in [0.15, 0.2) is 0 Å². The van der Waals surface area contributed by atoms with Gasteiger partial charge < -0.3 is 4.74 Å². The number of methoxy groups -OCH3 is 1. The highest BCUT2D eigenvalue weighted by Crippen LogP contribution is 2.34. The van der Waals surface area contributed by atoms with Crippen LogP contribution in [0.2, 0.25) is 0 Å². The number of hydrogen-bond acceptors (Lipinski definition) is 6. The summed E-state index contributed by atoms with van der Waals surface area (Å²) in [6, 6.07) is 5.20. The van der Waals surface area contributed by atoms with Gasteiger partial charge >= 0.3 is 0 Å². The second kappa shape index (κ2) is 8.72. The summed E-state index contributed by atoms with van der Waals surface area (Å²) < 4.78 is 35.2. The zero-order valence-electron chi connectivity index (χ0n) is 17.4. The van der Waals surface area contributed by atoms with Crippen LogP contribution in [0.3, 0.4) is 0 Å². The molecule has 4 rings (SSSR count). The molecule has 1 aliphatic heterocycles. The number of nitrogens with zero attached hydrogens (tertiary/aromatic N) is 3. The van der Waals surface area contributed by atoms with Crippen molar-refractivity contribution >= 4 is 21.8 Å². The van der Waals surface area contributed by atoms with Crippen LogP contribution in [0.15, 0.2) is 27.9 Å². The fraction of sp³-hybridized carbons (Fsp3) is 0.524. The van der Waals surface area contributed by atoms with Crippen LogP contribution < -0.4 is 10.3 Å². The number of thioether (sulfide) groups is 1. The molecule has 2 aliphatic rings. The Labute approximate surface area is 181 Å². The third-order valence-electron chi connectivity index (χ3n) is 5.79. The van der Waals surface area contributed by atoms with Crippen LogP contribution in [0.1, 0.15) is 30.9 Å². The lowest BCUT2D eigenvalue weighted by Gasteiger charge is -2.26. The van der Waals surface area contributed by atoms with E-state index in [-0.39, 0.29) is 10.5 Å². The summed E-state index contributed by atoms with van der Waals surface area (Å²) in [5, 5.41) is 4.62. The maximum atomic E-state index is 13.4. The summed E-state index contributed by atoms with van der Waals surface area (Å²) in [5.41, 5.74) is 3.17. The van der Waals surface area contributed by atoms with Gasteiger partial charge in [0.25, 0.3) is 5.56 Å². The highest BCUT2D eigenvalue weighted by Gasteiger charge is 2.30. The van der Waals surface area contributed by atoms with E-state index >= 15 is 0 Å². The zero-order chi connectivity index (χ0) is 21.3. The van der Waals surface area contributed by atoms with Crippen LogP contribution in [0.25, 0.3) is 11.3 Å². The number of aryl methyl sites for hydroxylation is 1. The molecule has 1 fully saturated rings. The average Bonchev–Trinajstić information content (AvgIpc) is 2.79. The first kappa shape index (κ1) is 21.4. The Hall–Kier alpha value is -1.84. The molecule has 1 aromatic heterocycles. The highest BCUT2D eigenvalue weighted by molar-refractivity contribution is 7.99. The molecule has 0 spiro atoms. The molecule has 0 N–H and O–H groups in total. The normalized spacial score (nSPS) is 17.5. The van der Waals surface area contributed by atoms with Crippen LogP contribution in [0, 0.1) is 0 Å². The van der Waals surface area contributed by atoms with Crippen molar-refractivity contribution in [3.8, 4) is 17.0 Å². The molecule has 0 saturated carbocycles. The SMILES string of the molecule is CCn1nc(-c2ccc(OC)c(S(=O)(=O)N3CCSCC3)c2)c2c(c1=O)CCCC2. The molecule has 0 amide bonds. The van der Waals surface area contributed by atoms with Crippen molar-refractivity contribution in [1.29, 1.82) is 0 Å². The lowest BCUT2D eigenvalue weighted by Crippen LogP contribution is -2.38. The summed E-state index contributed by atoms with van der Waals surface area (Å²) in [4.78, 5) is 12.9. The van der Waals surface area contributed by atoms with Crippen molar-refractivity contribution in [2.24, 2.45) is 0 Å². The predicted octanol–water partition coefficient (Wildman–Crippen LogP) is 2.56. The van der Waals surface area contributed by atoms with Crippen molar-refractivity contribution in [2.45, 2.75) is 44.0 Å². The Kier molecular flexibility index (Phi) is 6.22. The van der Waals surface area contributed by atoms with Crippen molar-refractivity contribution < 1.29 is 13.2 Å². The number of rotatable bonds is 5. The maximum absolute atomic E-state index is 13.4. The van der Waals surface area contributed by atoms with E-state index in [4.69, 9.17) is 4.74 Å². The molecule has 162 valence electrons. The van der Waals surface area contributed by atoms with Gasteiger partial charge in [-0.2, -0.15) is 21.2 Å². The second-order valence-electron chi connectivity index (χ2n) is 7.52. The molecule has 2 heterocycles. The molecule has 1 aromatic carbocycles. The van der Waals surface area contributed by atoms with E-state index in [1.165, 1.54) is 16.1 Å². The Morgan fingerprint density at radius 3 is 2.50 bits per heavy atom. The van der Waals surface area contributed by atoms with Crippen LogP contribution in [0.4, 0.5) is 0 Å². The van der Waals surface area contributed by atoms with E-state index in [9.17, 15) is 13.2 Å². The first-order valence-electron chi connectivity index (χ1n) is 10.4. The van der Waals surface area contributed by atoms with Gasteiger partial charge in [-0.25, -0.2) is 13.1 Å². The Balaban J connectivity index is 1.88. The summed E-state index contributed by atoms with van der Waals surface area (Å²) >= 11 is 1.76. The van der Waals surface area contributed by atoms with Gasteiger partial charge in [-0.05, 0) is 56.4 Å². The van der Waals surface area contributed by atoms with Crippen LogP contribution in [-0.2, 0) is 29.4 Å². The molecule has 7 nitrogen and oxygen atoms in total. The lowest BCUT2D eigenvalue weighted by atomic mass is 9.90. The number of fused-ring (bicyclic) bond motifs is 1. The summed E-state index contributed by atoms with van der Waals surface area (Å²) in [5.74, 6) is 1.91. The number of hydrogen-bond donors (Lipinski definition) is 0. The minimum atomic E-state index is -3.68. The minimum Gasteiger partial charge on any atom is -0.495 e.